The Hall–Kier alpha value is -3.01. The summed E-state index contributed by atoms with van der Waals surface area (Å²) >= 11 is 6.13. The van der Waals surface area contributed by atoms with Gasteiger partial charge in [-0.25, -0.2) is 0 Å². The molecular formula is C32H39ClN4O2. The maximum atomic E-state index is 12.9. The highest BCUT2D eigenvalue weighted by molar-refractivity contribution is 6.31. The average molecular weight is 547 g/mol. The number of hydrogen-bond acceptors (Lipinski definition) is 5. The number of rotatable bonds is 6. The molecule has 2 aliphatic heterocycles. The quantitative estimate of drug-likeness (QED) is 0.428. The molecule has 7 heteroatoms. The van der Waals surface area contributed by atoms with Gasteiger partial charge in [0.1, 0.15) is 11.8 Å². The van der Waals surface area contributed by atoms with Crippen molar-refractivity contribution >= 4 is 23.2 Å². The summed E-state index contributed by atoms with van der Waals surface area (Å²) in [6.07, 6.45) is 10.8. The zero-order chi connectivity index (χ0) is 27.2. The highest BCUT2D eigenvalue weighted by Crippen LogP contribution is 2.28. The fourth-order valence-corrected chi connectivity index (χ4v) is 6.35. The number of anilines is 1. The SMILES string of the molecule is CC1=CCCN(C2CCN(c3ccc(C(=O)N[C@H]4CC[C@H](Oc5ccc(C#N)c(Cl)c5)CC4)cc3)CC2)CC1. The van der Waals surface area contributed by atoms with E-state index in [-0.39, 0.29) is 18.1 Å². The van der Waals surface area contributed by atoms with Gasteiger partial charge in [-0.15, -0.1) is 0 Å². The molecule has 0 atom stereocenters. The molecule has 1 amide bonds. The Kier molecular flexibility index (Phi) is 9.11. The summed E-state index contributed by atoms with van der Waals surface area (Å²) in [6.45, 7) is 6.77. The van der Waals surface area contributed by atoms with E-state index in [9.17, 15) is 4.79 Å². The second kappa shape index (κ2) is 12.9. The molecule has 5 rings (SSSR count). The molecule has 6 nitrogen and oxygen atoms in total. The van der Waals surface area contributed by atoms with E-state index in [1.54, 1.807) is 18.2 Å². The summed E-state index contributed by atoms with van der Waals surface area (Å²) in [6, 6.07) is 16.2. The number of hydrogen-bond donors (Lipinski definition) is 1. The largest absolute Gasteiger partial charge is 0.490 e. The van der Waals surface area contributed by atoms with Gasteiger partial charge in [0.2, 0.25) is 0 Å². The van der Waals surface area contributed by atoms with E-state index in [2.05, 4.69) is 46.3 Å². The van der Waals surface area contributed by atoms with Gasteiger partial charge in [-0.1, -0.05) is 23.3 Å². The summed E-state index contributed by atoms with van der Waals surface area (Å²) < 4.78 is 6.08. The van der Waals surface area contributed by atoms with Crippen LogP contribution in [0.15, 0.2) is 54.1 Å². The predicted octanol–water partition coefficient (Wildman–Crippen LogP) is 6.34. The third kappa shape index (κ3) is 7.15. The Morgan fingerprint density at radius 3 is 2.44 bits per heavy atom. The standard InChI is InChI=1S/C32H39ClN4O2/c1-23-3-2-17-36(18-14-23)28-15-19-37(20-16-28)27-9-4-24(5-10-27)32(38)35-26-7-12-29(13-8-26)39-30-11-6-25(22-34)31(33)21-30/h3-6,9-11,21,26,28-29H,2,7-8,12-20H2,1H3,(H,35,38)/t26-,29-. The van der Waals surface area contributed by atoms with Crippen molar-refractivity contribution < 1.29 is 9.53 Å². The lowest BCUT2D eigenvalue weighted by Crippen LogP contribution is -2.45. The van der Waals surface area contributed by atoms with Gasteiger partial charge >= 0.3 is 0 Å². The first-order chi connectivity index (χ1) is 19.0. The van der Waals surface area contributed by atoms with Gasteiger partial charge in [-0.05, 0) is 94.7 Å². The van der Waals surface area contributed by atoms with Crippen molar-refractivity contribution in [2.45, 2.75) is 76.5 Å². The molecular weight excluding hydrogens is 508 g/mol. The number of carbonyl (C=O) groups excluding carboxylic acids is 1. The number of benzene rings is 2. The highest BCUT2D eigenvalue weighted by Gasteiger charge is 2.26. The predicted molar refractivity (Wildman–Crippen MR) is 157 cm³/mol. The molecule has 0 radical (unpaired) electrons. The van der Waals surface area contributed by atoms with Crippen LogP contribution in [0, 0.1) is 11.3 Å². The molecule has 1 aliphatic carbocycles. The van der Waals surface area contributed by atoms with Crippen LogP contribution in [0.4, 0.5) is 5.69 Å². The average Bonchev–Trinajstić information content (AvgIpc) is 3.19. The molecule has 206 valence electrons. The summed E-state index contributed by atoms with van der Waals surface area (Å²) in [5, 5.41) is 12.7. The molecule has 1 saturated carbocycles. The molecule has 2 heterocycles. The van der Waals surface area contributed by atoms with E-state index in [0.717, 1.165) is 38.8 Å². The fraction of sp³-hybridized carbons (Fsp3) is 0.500. The van der Waals surface area contributed by atoms with Crippen molar-refractivity contribution in [1.29, 1.82) is 5.26 Å². The lowest BCUT2D eigenvalue weighted by molar-refractivity contribution is 0.0894. The first-order valence-electron chi connectivity index (χ1n) is 14.4. The van der Waals surface area contributed by atoms with E-state index in [4.69, 9.17) is 21.6 Å². The Morgan fingerprint density at radius 2 is 1.74 bits per heavy atom. The lowest BCUT2D eigenvalue weighted by Gasteiger charge is -2.39. The molecule has 2 aromatic rings. The molecule has 0 bridgehead atoms. The van der Waals surface area contributed by atoms with Crippen LogP contribution in [-0.4, -0.2) is 55.2 Å². The summed E-state index contributed by atoms with van der Waals surface area (Å²) in [4.78, 5) is 18.1. The molecule has 39 heavy (non-hydrogen) atoms. The van der Waals surface area contributed by atoms with Gasteiger partial charge in [0.05, 0.1) is 16.7 Å². The highest BCUT2D eigenvalue weighted by atomic mass is 35.5. The van der Waals surface area contributed by atoms with Crippen molar-refractivity contribution in [3.05, 3.63) is 70.3 Å². The Morgan fingerprint density at radius 1 is 1.00 bits per heavy atom. The molecule has 2 fully saturated rings. The number of nitrogens with one attached hydrogen (secondary N) is 1. The van der Waals surface area contributed by atoms with Crippen LogP contribution < -0.4 is 15.0 Å². The van der Waals surface area contributed by atoms with Gasteiger partial charge in [0, 0.05) is 55.6 Å². The molecule has 0 aromatic heterocycles. The fourth-order valence-electron chi connectivity index (χ4n) is 6.13. The van der Waals surface area contributed by atoms with E-state index in [1.807, 2.05) is 12.1 Å². The molecule has 3 aliphatic rings. The minimum atomic E-state index is -0.00596. The van der Waals surface area contributed by atoms with Crippen LogP contribution in [0.2, 0.25) is 5.02 Å². The number of carbonyl (C=O) groups is 1. The Labute approximate surface area is 237 Å². The van der Waals surface area contributed by atoms with Crippen LogP contribution in [0.5, 0.6) is 5.75 Å². The van der Waals surface area contributed by atoms with Crippen molar-refractivity contribution in [2.75, 3.05) is 31.1 Å². The smallest absolute Gasteiger partial charge is 0.251 e. The van der Waals surface area contributed by atoms with E-state index in [0.29, 0.717) is 27.9 Å². The number of halogens is 1. The second-order valence-electron chi connectivity index (χ2n) is 11.2. The zero-order valence-electron chi connectivity index (χ0n) is 22.9. The van der Waals surface area contributed by atoms with Crippen molar-refractivity contribution in [2.24, 2.45) is 0 Å². The summed E-state index contributed by atoms with van der Waals surface area (Å²) in [7, 11) is 0. The monoisotopic (exact) mass is 546 g/mol. The van der Waals surface area contributed by atoms with E-state index >= 15 is 0 Å². The van der Waals surface area contributed by atoms with Crippen molar-refractivity contribution in [1.82, 2.24) is 10.2 Å². The van der Waals surface area contributed by atoms with Crippen molar-refractivity contribution in [3.63, 3.8) is 0 Å². The van der Waals surface area contributed by atoms with Gasteiger partial charge in [-0.3, -0.25) is 9.69 Å². The number of nitrogens with zero attached hydrogens (tertiary/aromatic N) is 3. The van der Waals surface area contributed by atoms with E-state index < -0.39 is 0 Å². The zero-order valence-corrected chi connectivity index (χ0v) is 23.6. The van der Waals surface area contributed by atoms with E-state index in [1.165, 1.54) is 50.0 Å². The van der Waals surface area contributed by atoms with Crippen LogP contribution in [0.25, 0.3) is 0 Å². The van der Waals surface area contributed by atoms with Gasteiger partial charge in [0.15, 0.2) is 0 Å². The number of amides is 1. The number of nitriles is 1. The van der Waals surface area contributed by atoms with Crippen LogP contribution in [0.3, 0.4) is 0 Å². The third-order valence-electron chi connectivity index (χ3n) is 8.55. The molecule has 1 saturated heterocycles. The molecule has 0 spiro atoms. The van der Waals surface area contributed by atoms with Crippen LogP contribution in [-0.2, 0) is 0 Å². The van der Waals surface area contributed by atoms with Gasteiger partial charge in [0.25, 0.3) is 5.91 Å². The number of piperidine rings is 1. The van der Waals surface area contributed by atoms with Crippen molar-refractivity contribution in [3.8, 4) is 11.8 Å². The number of ether oxygens (including phenoxy) is 1. The molecule has 2 aromatic carbocycles. The summed E-state index contributed by atoms with van der Waals surface area (Å²) in [5.41, 5.74) is 3.90. The Bertz CT molecular complexity index is 1210. The van der Waals surface area contributed by atoms with Crippen LogP contribution >= 0.6 is 11.6 Å². The lowest BCUT2D eigenvalue weighted by atomic mass is 9.92. The van der Waals surface area contributed by atoms with Crippen LogP contribution in [0.1, 0.15) is 74.2 Å². The minimum Gasteiger partial charge on any atom is -0.490 e. The first-order valence-corrected chi connectivity index (χ1v) is 14.8. The topological polar surface area (TPSA) is 68.6 Å². The third-order valence-corrected chi connectivity index (χ3v) is 8.86. The molecule has 0 unspecified atom stereocenters. The normalized spacial score (nSPS) is 22.9. The second-order valence-corrected chi connectivity index (χ2v) is 11.6. The first kappa shape index (κ1) is 27.6. The minimum absolute atomic E-state index is 0.00596. The van der Waals surface area contributed by atoms with Gasteiger partial charge < -0.3 is 15.0 Å². The van der Waals surface area contributed by atoms with Gasteiger partial charge in [-0.2, -0.15) is 5.26 Å². The maximum absolute atomic E-state index is 12.9. The molecule has 1 N–H and O–H groups in total. The summed E-state index contributed by atoms with van der Waals surface area (Å²) in [5.74, 6) is 0.679. The Balaban J connectivity index is 1.05. The maximum Gasteiger partial charge on any atom is 0.251 e.